The molecule has 0 bridgehead atoms. The molecule has 0 radical (unpaired) electrons. The third-order valence-corrected chi connectivity index (χ3v) is 6.13. The normalized spacial score (nSPS) is 21.9. The van der Waals surface area contributed by atoms with Crippen molar-refractivity contribution in [3.63, 3.8) is 0 Å². The van der Waals surface area contributed by atoms with Crippen LogP contribution in [0.1, 0.15) is 81.6 Å². The Morgan fingerprint density at radius 1 is 1.19 bits per heavy atom. The Kier molecular flexibility index (Phi) is 9.33. The van der Waals surface area contributed by atoms with Crippen LogP contribution >= 0.6 is 0 Å². The lowest BCUT2D eigenvalue weighted by Crippen LogP contribution is -2.40. The van der Waals surface area contributed by atoms with Gasteiger partial charge in [0.15, 0.2) is 5.69 Å². The van der Waals surface area contributed by atoms with E-state index in [9.17, 15) is 9.59 Å². The summed E-state index contributed by atoms with van der Waals surface area (Å²) in [4.78, 5) is 31.8. The highest BCUT2D eigenvalue weighted by Gasteiger charge is 2.28. The first kappa shape index (κ1) is 23.7. The molecule has 8 heteroatoms. The zero-order chi connectivity index (χ0) is 22.1. The molecule has 31 heavy (non-hydrogen) atoms. The molecule has 174 valence electrons. The molecule has 0 unspecified atom stereocenters. The quantitative estimate of drug-likeness (QED) is 0.541. The van der Waals surface area contributed by atoms with Crippen LogP contribution in [0.5, 0.6) is 0 Å². The molecule has 0 spiro atoms. The van der Waals surface area contributed by atoms with Gasteiger partial charge in [-0.15, -0.1) is 0 Å². The van der Waals surface area contributed by atoms with Crippen LogP contribution in [0.25, 0.3) is 0 Å². The van der Waals surface area contributed by atoms with Gasteiger partial charge in [-0.25, -0.2) is 4.98 Å². The fraction of sp³-hybridized carbons (Fsp3) is 0.783. The van der Waals surface area contributed by atoms with Gasteiger partial charge in [-0.2, -0.15) is 0 Å². The highest BCUT2D eigenvalue weighted by Crippen LogP contribution is 2.21. The SMILES string of the molecule is CCCC[C@H](CC)C(=O)N(Cc1nc(C(=O)NC[C@H]2CCCO2)co1)C[C@@H]1CCCO1. The van der Waals surface area contributed by atoms with E-state index < -0.39 is 0 Å². The predicted octanol–water partition coefficient (Wildman–Crippen LogP) is 3.31. The Morgan fingerprint density at radius 2 is 1.94 bits per heavy atom. The Balaban J connectivity index is 1.61. The second-order valence-corrected chi connectivity index (χ2v) is 8.57. The van der Waals surface area contributed by atoms with Crippen LogP contribution in [0, 0.1) is 5.92 Å². The number of rotatable bonds is 12. The van der Waals surface area contributed by atoms with E-state index in [-0.39, 0.29) is 42.2 Å². The number of amides is 2. The van der Waals surface area contributed by atoms with E-state index >= 15 is 0 Å². The van der Waals surface area contributed by atoms with Crippen molar-refractivity contribution in [1.29, 1.82) is 0 Å². The van der Waals surface area contributed by atoms with Crippen molar-refractivity contribution >= 4 is 11.8 Å². The van der Waals surface area contributed by atoms with Crippen molar-refractivity contribution in [2.75, 3.05) is 26.3 Å². The molecule has 1 aromatic heterocycles. The smallest absolute Gasteiger partial charge is 0.273 e. The molecule has 2 aliphatic heterocycles. The minimum atomic E-state index is -0.281. The van der Waals surface area contributed by atoms with Gasteiger partial charge in [0, 0.05) is 32.2 Å². The van der Waals surface area contributed by atoms with Gasteiger partial charge in [0.1, 0.15) is 6.26 Å². The lowest BCUT2D eigenvalue weighted by molar-refractivity contribution is -0.138. The Labute approximate surface area is 185 Å². The minimum absolute atomic E-state index is 0.00880. The monoisotopic (exact) mass is 435 g/mol. The molecule has 3 atom stereocenters. The van der Waals surface area contributed by atoms with Gasteiger partial charge in [0.2, 0.25) is 11.8 Å². The molecule has 2 fully saturated rings. The van der Waals surface area contributed by atoms with Crippen LogP contribution in [-0.2, 0) is 20.8 Å². The molecular weight excluding hydrogens is 398 g/mol. The Morgan fingerprint density at radius 3 is 2.58 bits per heavy atom. The van der Waals surface area contributed by atoms with Crippen molar-refractivity contribution < 1.29 is 23.5 Å². The summed E-state index contributed by atoms with van der Waals surface area (Å²) >= 11 is 0. The summed E-state index contributed by atoms with van der Waals surface area (Å²) in [6.45, 7) is 6.95. The molecule has 2 amide bonds. The van der Waals surface area contributed by atoms with E-state index in [0.717, 1.165) is 64.6 Å². The largest absolute Gasteiger partial charge is 0.446 e. The first-order valence-corrected chi connectivity index (χ1v) is 11.8. The van der Waals surface area contributed by atoms with Crippen molar-refractivity contribution in [3.8, 4) is 0 Å². The number of ether oxygens (including phenoxy) is 2. The Bertz CT molecular complexity index is 695. The lowest BCUT2D eigenvalue weighted by Gasteiger charge is -2.28. The summed E-state index contributed by atoms with van der Waals surface area (Å²) in [5, 5.41) is 2.85. The maximum absolute atomic E-state index is 13.3. The fourth-order valence-electron chi connectivity index (χ4n) is 4.23. The number of unbranched alkanes of at least 4 members (excludes halogenated alkanes) is 1. The molecular formula is C23H37N3O5. The second-order valence-electron chi connectivity index (χ2n) is 8.57. The average molecular weight is 436 g/mol. The van der Waals surface area contributed by atoms with E-state index in [1.54, 1.807) is 4.90 Å². The maximum atomic E-state index is 13.3. The number of nitrogens with one attached hydrogen (secondary N) is 1. The molecule has 0 aliphatic carbocycles. The highest BCUT2D eigenvalue weighted by atomic mass is 16.5. The number of hydrogen-bond acceptors (Lipinski definition) is 6. The van der Waals surface area contributed by atoms with E-state index in [1.165, 1.54) is 6.26 Å². The van der Waals surface area contributed by atoms with Crippen molar-refractivity contribution in [3.05, 3.63) is 17.8 Å². The molecule has 1 N–H and O–H groups in total. The van der Waals surface area contributed by atoms with Crippen LogP contribution in [0.4, 0.5) is 0 Å². The lowest BCUT2D eigenvalue weighted by atomic mass is 9.97. The summed E-state index contributed by atoms with van der Waals surface area (Å²) < 4.78 is 16.9. The minimum Gasteiger partial charge on any atom is -0.446 e. The van der Waals surface area contributed by atoms with Crippen molar-refractivity contribution in [1.82, 2.24) is 15.2 Å². The maximum Gasteiger partial charge on any atom is 0.273 e. The van der Waals surface area contributed by atoms with Gasteiger partial charge in [-0.1, -0.05) is 26.7 Å². The molecule has 3 heterocycles. The molecule has 8 nitrogen and oxygen atoms in total. The van der Waals surface area contributed by atoms with Gasteiger partial charge in [0.05, 0.1) is 18.8 Å². The molecule has 0 aromatic carbocycles. The highest BCUT2D eigenvalue weighted by molar-refractivity contribution is 5.91. The summed E-state index contributed by atoms with van der Waals surface area (Å²) in [7, 11) is 0. The predicted molar refractivity (Wildman–Crippen MR) is 116 cm³/mol. The molecule has 0 saturated carbocycles. The van der Waals surface area contributed by atoms with Gasteiger partial charge >= 0.3 is 0 Å². The first-order valence-electron chi connectivity index (χ1n) is 11.8. The summed E-state index contributed by atoms with van der Waals surface area (Å²) in [5.74, 6) is 0.204. The third kappa shape index (κ3) is 7.04. The molecule has 2 aliphatic rings. The van der Waals surface area contributed by atoms with Crippen LogP contribution in [0.2, 0.25) is 0 Å². The van der Waals surface area contributed by atoms with Crippen LogP contribution in [-0.4, -0.2) is 60.2 Å². The van der Waals surface area contributed by atoms with Crippen LogP contribution < -0.4 is 5.32 Å². The zero-order valence-corrected chi connectivity index (χ0v) is 18.9. The van der Waals surface area contributed by atoms with Gasteiger partial charge < -0.3 is 24.1 Å². The number of carbonyl (C=O) groups excluding carboxylic acids is 2. The van der Waals surface area contributed by atoms with E-state index in [2.05, 4.69) is 24.1 Å². The summed E-state index contributed by atoms with van der Waals surface area (Å²) in [6.07, 6.45) is 9.25. The number of aromatic nitrogens is 1. The summed E-state index contributed by atoms with van der Waals surface area (Å²) in [5.41, 5.74) is 0.232. The molecule has 1 aromatic rings. The van der Waals surface area contributed by atoms with Crippen LogP contribution in [0.15, 0.2) is 10.7 Å². The van der Waals surface area contributed by atoms with E-state index in [4.69, 9.17) is 13.9 Å². The van der Waals surface area contributed by atoms with Crippen LogP contribution in [0.3, 0.4) is 0 Å². The standard InChI is InChI=1S/C23H37N3O5/c1-3-5-8-17(4-2)23(28)26(14-19-10-7-12-30-19)15-21-25-20(16-31-21)22(27)24-13-18-9-6-11-29-18/h16-19H,3-15H2,1-2H3,(H,24,27)/t17-,18+,19-/m0/s1. The average Bonchev–Trinajstić information content (AvgIpc) is 3.55. The summed E-state index contributed by atoms with van der Waals surface area (Å²) in [6, 6.07) is 0. The molecule has 2 saturated heterocycles. The number of nitrogens with zero attached hydrogens (tertiary/aromatic N) is 2. The van der Waals surface area contributed by atoms with Gasteiger partial charge in [-0.05, 0) is 38.5 Å². The fourth-order valence-corrected chi connectivity index (χ4v) is 4.23. The van der Waals surface area contributed by atoms with E-state index in [1.807, 2.05) is 0 Å². The molecule has 3 rings (SSSR count). The third-order valence-electron chi connectivity index (χ3n) is 6.13. The second kappa shape index (κ2) is 12.2. The topological polar surface area (TPSA) is 93.9 Å². The zero-order valence-electron chi connectivity index (χ0n) is 18.9. The van der Waals surface area contributed by atoms with E-state index in [0.29, 0.717) is 19.0 Å². The first-order chi connectivity index (χ1) is 15.1. The number of carbonyl (C=O) groups is 2. The van der Waals surface area contributed by atoms with Gasteiger partial charge in [0.25, 0.3) is 5.91 Å². The van der Waals surface area contributed by atoms with Crippen molar-refractivity contribution in [2.45, 2.75) is 84.0 Å². The number of oxazole rings is 1. The van der Waals surface area contributed by atoms with Gasteiger partial charge in [-0.3, -0.25) is 9.59 Å². The number of hydrogen-bond donors (Lipinski definition) is 1. The Hall–Kier alpha value is -1.93. The van der Waals surface area contributed by atoms with Crippen molar-refractivity contribution in [2.24, 2.45) is 5.92 Å².